The van der Waals surface area contributed by atoms with E-state index >= 15 is 0 Å². The van der Waals surface area contributed by atoms with Gasteiger partial charge in [0.25, 0.3) is 5.91 Å². The van der Waals surface area contributed by atoms with Gasteiger partial charge in [-0.05, 0) is 33.6 Å². The van der Waals surface area contributed by atoms with Gasteiger partial charge in [-0.25, -0.2) is 0 Å². The first kappa shape index (κ1) is 15.5. The van der Waals surface area contributed by atoms with Gasteiger partial charge in [-0.15, -0.1) is 0 Å². The number of pyridine rings is 1. The lowest BCUT2D eigenvalue weighted by molar-refractivity contribution is 0.0634. The van der Waals surface area contributed by atoms with Crippen LogP contribution in [0.5, 0.6) is 0 Å². The molecule has 6 heteroatoms. The first-order valence-electron chi connectivity index (χ1n) is 7.03. The molecule has 1 unspecified atom stereocenters. The molecule has 1 aliphatic heterocycles. The molecular formula is C16H15BrClN3O. The van der Waals surface area contributed by atoms with Crippen molar-refractivity contribution in [3.63, 3.8) is 0 Å². The zero-order valence-electron chi connectivity index (χ0n) is 11.8. The normalized spacial score (nSPS) is 18.3. The minimum absolute atomic E-state index is 0.0276. The Morgan fingerprint density at radius 2 is 2.18 bits per heavy atom. The molecule has 114 valence electrons. The highest BCUT2D eigenvalue weighted by molar-refractivity contribution is 9.10. The molecule has 1 N–H and O–H groups in total. The number of hydrogen-bond donors (Lipinski definition) is 1. The summed E-state index contributed by atoms with van der Waals surface area (Å²) in [4.78, 5) is 18.8. The Morgan fingerprint density at radius 1 is 1.36 bits per heavy atom. The topological polar surface area (TPSA) is 45.2 Å². The second kappa shape index (κ2) is 6.77. The lowest BCUT2D eigenvalue weighted by Crippen LogP contribution is -2.48. The number of aromatic nitrogens is 1. The number of nitrogens with one attached hydrogen (secondary N) is 1. The van der Waals surface area contributed by atoms with Crippen LogP contribution in [0.1, 0.15) is 22.0 Å². The highest BCUT2D eigenvalue weighted by Gasteiger charge is 2.29. The Morgan fingerprint density at radius 3 is 2.95 bits per heavy atom. The van der Waals surface area contributed by atoms with Crippen molar-refractivity contribution in [2.45, 2.75) is 6.04 Å². The molecule has 0 aliphatic carbocycles. The minimum Gasteiger partial charge on any atom is -0.329 e. The van der Waals surface area contributed by atoms with Crippen molar-refractivity contribution in [3.05, 3.63) is 63.3 Å². The molecule has 4 nitrogen and oxygen atoms in total. The van der Waals surface area contributed by atoms with Crippen LogP contribution >= 0.6 is 27.5 Å². The maximum atomic E-state index is 12.8. The molecule has 1 amide bonds. The number of piperazine rings is 1. The Hall–Kier alpha value is -1.43. The van der Waals surface area contributed by atoms with Gasteiger partial charge in [-0.2, -0.15) is 0 Å². The molecule has 1 aromatic carbocycles. The Bertz CT molecular complexity index is 695. The fourth-order valence-corrected chi connectivity index (χ4v) is 3.29. The SMILES string of the molecule is O=C(c1cncc(Br)c1)N1CCNCC1c1ccccc1Cl. The Kier molecular flexibility index (Phi) is 4.76. The molecule has 0 spiro atoms. The molecule has 1 aromatic heterocycles. The first-order chi connectivity index (χ1) is 10.7. The van der Waals surface area contributed by atoms with Gasteiger partial charge >= 0.3 is 0 Å². The average molecular weight is 381 g/mol. The zero-order chi connectivity index (χ0) is 15.5. The van der Waals surface area contributed by atoms with E-state index in [4.69, 9.17) is 11.6 Å². The lowest BCUT2D eigenvalue weighted by Gasteiger charge is -2.37. The molecule has 3 rings (SSSR count). The predicted octanol–water partition coefficient (Wildman–Crippen LogP) is 3.28. The van der Waals surface area contributed by atoms with Crippen LogP contribution in [0.25, 0.3) is 0 Å². The van der Waals surface area contributed by atoms with Gasteiger partial charge in [0.2, 0.25) is 0 Å². The number of rotatable bonds is 2. The summed E-state index contributed by atoms with van der Waals surface area (Å²) in [6.45, 7) is 2.10. The summed E-state index contributed by atoms with van der Waals surface area (Å²) in [5, 5.41) is 4.01. The Balaban J connectivity index is 1.93. The second-order valence-corrected chi connectivity index (χ2v) is 6.45. The predicted molar refractivity (Wildman–Crippen MR) is 90.0 cm³/mol. The number of hydrogen-bond acceptors (Lipinski definition) is 3. The summed E-state index contributed by atoms with van der Waals surface area (Å²) in [7, 11) is 0. The monoisotopic (exact) mass is 379 g/mol. The van der Waals surface area contributed by atoms with E-state index in [1.54, 1.807) is 18.5 Å². The fourth-order valence-electron chi connectivity index (χ4n) is 2.67. The molecule has 1 aliphatic rings. The van der Waals surface area contributed by atoms with Crippen LogP contribution < -0.4 is 5.32 Å². The Labute approximate surface area is 142 Å². The van der Waals surface area contributed by atoms with E-state index in [0.29, 0.717) is 23.7 Å². The van der Waals surface area contributed by atoms with Crippen LogP contribution in [-0.2, 0) is 0 Å². The maximum absolute atomic E-state index is 12.8. The zero-order valence-corrected chi connectivity index (χ0v) is 14.1. The summed E-state index contributed by atoms with van der Waals surface area (Å²) in [5.41, 5.74) is 1.54. The van der Waals surface area contributed by atoms with Gasteiger partial charge < -0.3 is 10.2 Å². The number of nitrogens with zero attached hydrogens (tertiary/aromatic N) is 2. The molecule has 22 heavy (non-hydrogen) atoms. The van der Waals surface area contributed by atoms with E-state index in [9.17, 15) is 4.79 Å². The van der Waals surface area contributed by atoms with Crippen molar-refractivity contribution in [2.75, 3.05) is 19.6 Å². The number of halogens is 2. The third-order valence-corrected chi connectivity index (χ3v) is 4.50. The van der Waals surface area contributed by atoms with Gasteiger partial charge in [-0.3, -0.25) is 9.78 Å². The molecule has 0 bridgehead atoms. The quantitative estimate of drug-likeness (QED) is 0.869. The largest absolute Gasteiger partial charge is 0.329 e. The number of amides is 1. The van der Waals surface area contributed by atoms with Gasteiger partial charge in [0, 0.05) is 41.5 Å². The van der Waals surface area contributed by atoms with Crippen molar-refractivity contribution >= 4 is 33.4 Å². The van der Waals surface area contributed by atoms with E-state index in [1.165, 1.54) is 0 Å². The summed E-state index contributed by atoms with van der Waals surface area (Å²) >= 11 is 9.67. The minimum atomic E-state index is -0.0751. The highest BCUT2D eigenvalue weighted by atomic mass is 79.9. The van der Waals surface area contributed by atoms with Crippen LogP contribution in [0.4, 0.5) is 0 Å². The van der Waals surface area contributed by atoms with Crippen molar-refractivity contribution in [1.29, 1.82) is 0 Å². The number of benzene rings is 1. The molecule has 0 radical (unpaired) electrons. The first-order valence-corrected chi connectivity index (χ1v) is 8.20. The van der Waals surface area contributed by atoms with E-state index in [2.05, 4.69) is 26.2 Å². The van der Waals surface area contributed by atoms with Crippen LogP contribution in [-0.4, -0.2) is 35.4 Å². The van der Waals surface area contributed by atoms with Gasteiger partial charge in [0.1, 0.15) is 0 Å². The summed E-state index contributed by atoms with van der Waals surface area (Å²) < 4.78 is 0.794. The molecule has 0 saturated carbocycles. The van der Waals surface area contributed by atoms with Gasteiger partial charge in [0.15, 0.2) is 0 Å². The third kappa shape index (κ3) is 3.16. The van der Waals surface area contributed by atoms with Crippen LogP contribution in [0, 0.1) is 0 Å². The van der Waals surface area contributed by atoms with E-state index in [1.807, 2.05) is 29.2 Å². The molecule has 2 heterocycles. The molecule has 1 saturated heterocycles. The third-order valence-electron chi connectivity index (χ3n) is 3.72. The van der Waals surface area contributed by atoms with Crippen molar-refractivity contribution in [2.24, 2.45) is 0 Å². The fraction of sp³-hybridized carbons (Fsp3) is 0.250. The van der Waals surface area contributed by atoms with Crippen molar-refractivity contribution < 1.29 is 4.79 Å². The highest BCUT2D eigenvalue weighted by Crippen LogP contribution is 2.29. The molecule has 1 fully saturated rings. The summed E-state index contributed by atoms with van der Waals surface area (Å²) in [6.07, 6.45) is 3.26. The maximum Gasteiger partial charge on any atom is 0.256 e. The molecular weight excluding hydrogens is 366 g/mol. The standard InChI is InChI=1S/C16H15BrClN3O/c17-12-7-11(8-20-9-12)16(22)21-6-5-19-10-15(21)13-3-1-2-4-14(13)18/h1-4,7-9,15,19H,5-6,10H2. The number of carbonyl (C=O) groups is 1. The smallest absolute Gasteiger partial charge is 0.256 e. The van der Waals surface area contributed by atoms with Crippen LogP contribution in [0.3, 0.4) is 0 Å². The molecule has 2 aromatic rings. The average Bonchev–Trinajstić information content (AvgIpc) is 2.55. The van der Waals surface area contributed by atoms with Crippen LogP contribution in [0.15, 0.2) is 47.2 Å². The van der Waals surface area contributed by atoms with E-state index < -0.39 is 0 Å². The second-order valence-electron chi connectivity index (χ2n) is 5.13. The number of carbonyl (C=O) groups excluding carboxylic acids is 1. The van der Waals surface area contributed by atoms with Gasteiger partial charge in [0.05, 0.1) is 11.6 Å². The van der Waals surface area contributed by atoms with Crippen molar-refractivity contribution in [3.8, 4) is 0 Å². The molecule has 1 atom stereocenters. The van der Waals surface area contributed by atoms with Crippen molar-refractivity contribution in [1.82, 2.24) is 15.2 Å². The van der Waals surface area contributed by atoms with Crippen LogP contribution in [0.2, 0.25) is 5.02 Å². The van der Waals surface area contributed by atoms with E-state index in [0.717, 1.165) is 16.6 Å². The summed E-state index contributed by atoms with van der Waals surface area (Å²) in [6, 6.07) is 9.38. The summed E-state index contributed by atoms with van der Waals surface area (Å²) in [5.74, 6) is -0.0276. The van der Waals surface area contributed by atoms with Gasteiger partial charge in [-0.1, -0.05) is 29.8 Å². The lowest BCUT2D eigenvalue weighted by atomic mass is 10.0. The van der Waals surface area contributed by atoms with E-state index in [-0.39, 0.29) is 11.9 Å².